The summed E-state index contributed by atoms with van der Waals surface area (Å²) in [4.78, 5) is 14.5. The summed E-state index contributed by atoms with van der Waals surface area (Å²) >= 11 is 0. The van der Waals surface area contributed by atoms with Gasteiger partial charge in [0.2, 0.25) is 5.76 Å². The van der Waals surface area contributed by atoms with Crippen molar-refractivity contribution in [1.82, 2.24) is 25.2 Å². The van der Waals surface area contributed by atoms with Crippen LogP contribution in [-0.4, -0.2) is 58.6 Å². The van der Waals surface area contributed by atoms with Gasteiger partial charge >= 0.3 is 0 Å². The summed E-state index contributed by atoms with van der Waals surface area (Å²) in [6.07, 6.45) is 5.42. The Morgan fingerprint density at radius 3 is 3.21 bits per heavy atom. The third-order valence-corrected chi connectivity index (χ3v) is 5.02. The summed E-state index contributed by atoms with van der Waals surface area (Å²) in [7, 11) is 1.93. The normalized spacial score (nSPS) is 26.6. The van der Waals surface area contributed by atoms with E-state index in [0.29, 0.717) is 19.1 Å². The number of hydrogen-bond acceptors (Lipinski definition) is 6. The van der Waals surface area contributed by atoms with E-state index < -0.39 is 0 Å². The second-order valence-corrected chi connectivity index (χ2v) is 6.83. The molecule has 4 rings (SSSR count). The maximum absolute atomic E-state index is 12.1. The van der Waals surface area contributed by atoms with Gasteiger partial charge in [-0.3, -0.25) is 14.4 Å². The van der Waals surface area contributed by atoms with Crippen LogP contribution in [0.5, 0.6) is 0 Å². The molecule has 0 spiro atoms. The van der Waals surface area contributed by atoms with Crippen molar-refractivity contribution < 1.29 is 14.1 Å². The Bertz CT molecular complexity index is 713. The lowest BCUT2D eigenvalue weighted by atomic mass is 9.81. The third kappa shape index (κ3) is 2.83. The van der Waals surface area contributed by atoms with Crippen molar-refractivity contribution in [1.29, 1.82) is 0 Å². The van der Waals surface area contributed by atoms with Gasteiger partial charge in [-0.25, -0.2) is 0 Å². The van der Waals surface area contributed by atoms with Gasteiger partial charge in [-0.15, -0.1) is 0 Å². The first-order valence-corrected chi connectivity index (χ1v) is 8.11. The molecule has 4 heterocycles. The maximum atomic E-state index is 12.1. The largest absolute Gasteiger partial charge is 0.380 e. The van der Waals surface area contributed by atoms with E-state index in [2.05, 4.69) is 20.5 Å². The van der Waals surface area contributed by atoms with Crippen molar-refractivity contribution in [2.75, 3.05) is 32.8 Å². The topological polar surface area (TPSA) is 85.4 Å². The molecule has 128 valence electrons. The number of aryl methyl sites for hydroxylation is 1. The summed E-state index contributed by atoms with van der Waals surface area (Å²) in [5.41, 5.74) is 1.18. The van der Waals surface area contributed by atoms with E-state index in [0.717, 1.165) is 26.2 Å². The number of rotatable bonds is 5. The van der Waals surface area contributed by atoms with Crippen molar-refractivity contribution >= 4 is 5.91 Å². The van der Waals surface area contributed by atoms with Crippen LogP contribution in [-0.2, 0) is 18.3 Å². The monoisotopic (exact) mass is 331 g/mol. The average molecular weight is 331 g/mol. The predicted octanol–water partition coefficient (Wildman–Crippen LogP) is 0.287. The molecule has 2 aliphatic rings. The average Bonchev–Trinajstić information content (AvgIpc) is 3.29. The first-order chi connectivity index (χ1) is 11.6. The Hall–Kier alpha value is -2.19. The molecule has 1 amide bonds. The van der Waals surface area contributed by atoms with Crippen LogP contribution in [0.3, 0.4) is 0 Å². The molecule has 0 bridgehead atoms. The number of likely N-dealkylation sites (tertiary alicyclic amines) is 1. The fourth-order valence-electron chi connectivity index (χ4n) is 3.80. The van der Waals surface area contributed by atoms with Gasteiger partial charge in [0.25, 0.3) is 5.91 Å². The molecule has 0 saturated carbocycles. The lowest BCUT2D eigenvalue weighted by Crippen LogP contribution is -2.43. The van der Waals surface area contributed by atoms with Crippen molar-refractivity contribution in [2.24, 2.45) is 18.4 Å². The van der Waals surface area contributed by atoms with Gasteiger partial charge < -0.3 is 14.6 Å². The Labute approximate surface area is 139 Å². The summed E-state index contributed by atoms with van der Waals surface area (Å²) < 4.78 is 12.4. The Kier molecular flexibility index (Phi) is 3.85. The minimum Gasteiger partial charge on any atom is -0.380 e. The number of nitrogens with one attached hydrogen (secondary N) is 1. The van der Waals surface area contributed by atoms with Crippen LogP contribution in [0, 0.1) is 11.3 Å². The zero-order valence-corrected chi connectivity index (χ0v) is 13.6. The Balaban J connectivity index is 1.40. The highest BCUT2D eigenvalue weighted by Crippen LogP contribution is 2.41. The number of carbonyl (C=O) groups excluding carboxylic acids is 1. The second-order valence-electron chi connectivity index (χ2n) is 6.83. The maximum Gasteiger partial charge on any atom is 0.289 e. The van der Waals surface area contributed by atoms with Crippen LogP contribution in [0.2, 0.25) is 0 Å². The number of aromatic nitrogens is 3. The van der Waals surface area contributed by atoms with Gasteiger partial charge in [-0.1, -0.05) is 5.16 Å². The highest BCUT2D eigenvalue weighted by molar-refractivity contribution is 5.91. The number of hydrogen-bond donors (Lipinski definition) is 1. The molecule has 1 N–H and O–H groups in total. The molecule has 0 radical (unpaired) electrons. The van der Waals surface area contributed by atoms with E-state index in [9.17, 15) is 4.79 Å². The van der Waals surface area contributed by atoms with Gasteiger partial charge in [-0.05, 0) is 0 Å². The van der Waals surface area contributed by atoms with Crippen molar-refractivity contribution in [2.45, 2.75) is 6.54 Å². The fraction of sp³-hybridized carbons (Fsp3) is 0.562. The van der Waals surface area contributed by atoms with Crippen LogP contribution in [0.25, 0.3) is 0 Å². The van der Waals surface area contributed by atoms with E-state index in [4.69, 9.17) is 9.26 Å². The minimum atomic E-state index is -0.224. The fourth-order valence-corrected chi connectivity index (χ4v) is 3.80. The van der Waals surface area contributed by atoms with E-state index >= 15 is 0 Å². The molecule has 2 saturated heterocycles. The highest BCUT2D eigenvalue weighted by atomic mass is 16.5. The molecule has 0 aliphatic carbocycles. The lowest BCUT2D eigenvalue weighted by Gasteiger charge is -2.27. The predicted molar refractivity (Wildman–Crippen MR) is 84.1 cm³/mol. The molecule has 2 aromatic rings. The van der Waals surface area contributed by atoms with E-state index in [1.54, 1.807) is 6.07 Å². The minimum absolute atomic E-state index is 0.0299. The summed E-state index contributed by atoms with van der Waals surface area (Å²) in [6.45, 7) is 4.78. The quantitative estimate of drug-likeness (QED) is 0.847. The van der Waals surface area contributed by atoms with Gasteiger partial charge in [0.15, 0.2) is 0 Å². The first kappa shape index (κ1) is 15.3. The molecule has 2 fully saturated rings. The summed E-state index contributed by atoms with van der Waals surface area (Å²) in [5.74, 6) is 0.453. The Morgan fingerprint density at radius 1 is 1.54 bits per heavy atom. The number of carbonyl (C=O) groups is 1. The Morgan fingerprint density at radius 2 is 2.46 bits per heavy atom. The van der Waals surface area contributed by atoms with E-state index in [1.165, 1.54) is 11.8 Å². The lowest BCUT2D eigenvalue weighted by molar-refractivity contribution is 0.0869. The molecule has 8 heteroatoms. The molecule has 24 heavy (non-hydrogen) atoms. The summed E-state index contributed by atoms with van der Waals surface area (Å²) in [6, 6.07) is 1.57. The number of amides is 1. The number of fused-ring (bicyclic) bond motifs is 1. The molecule has 8 nitrogen and oxygen atoms in total. The zero-order chi connectivity index (χ0) is 16.6. The van der Waals surface area contributed by atoms with Crippen molar-refractivity contribution in [3.05, 3.63) is 36.0 Å². The highest BCUT2D eigenvalue weighted by Gasteiger charge is 2.50. The molecule has 2 aromatic heterocycles. The van der Waals surface area contributed by atoms with Crippen LogP contribution < -0.4 is 5.32 Å². The molecule has 2 atom stereocenters. The third-order valence-electron chi connectivity index (χ3n) is 5.02. The van der Waals surface area contributed by atoms with Gasteiger partial charge in [0.05, 0.1) is 25.6 Å². The standard InChI is InChI=1S/C16H21N5O3/c1-20-5-12(4-18-20)6-21-7-13-8-23-11-16(13,10-21)9-17-15(22)14-2-3-19-24-14/h2-5,13H,6-11H2,1H3,(H,17,22)/t13-,16+/m0/s1. The van der Waals surface area contributed by atoms with Gasteiger partial charge in [0.1, 0.15) is 0 Å². The van der Waals surface area contributed by atoms with Crippen LogP contribution >= 0.6 is 0 Å². The van der Waals surface area contributed by atoms with Crippen molar-refractivity contribution in [3.63, 3.8) is 0 Å². The molecule has 2 aliphatic heterocycles. The first-order valence-electron chi connectivity index (χ1n) is 8.11. The molecular weight excluding hydrogens is 310 g/mol. The summed E-state index contributed by atoms with van der Waals surface area (Å²) in [5, 5.41) is 10.8. The van der Waals surface area contributed by atoms with Crippen molar-refractivity contribution in [3.8, 4) is 0 Å². The smallest absolute Gasteiger partial charge is 0.289 e. The van der Waals surface area contributed by atoms with E-state index in [1.807, 2.05) is 24.1 Å². The second kappa shape index (κ2) is 6.03. The molecule has 0 unspecified atom stereocenters. The number of ether oxygens (including phenoxy) is 1. The molecular formula is C16H21N5O3. The zero-order valence-electron chi connectivity index (χ0n) is 13.6. The van der Waals surface area contributed by atoms with Crippen LogP contribution in [0.4, 0.5) is 0 Å². The van der Waals surface area contributed by atoms with Crippen LogP contribution in [0.1, 0.15) is 16.1 Å². The van der Waals surface area contributed by atoms with Gasteiger partial charge in [0, 0.05) is 62.4 Å². The SMILES string of the molecule is Cn1cc(CN2C[C@H]3COC[C@@]3(CNC(=O)c3ccno3)C2)cn1. The van der Waals surface area contributed by atoms with Gasteiger partial charge in [-0.2, -0.15) is 5.10 Å². The molecule has 0 aromatic carbocycles. The van der Waals surface area contributed by atoms with E-state index in [-0.39, 0.29) is 17.1 Å². The van der Waals surface area contributed by atoms with Crippen LogP contribution in [0.15, 0.2) is 29.2 Å². The number of nitrogens with zero attached hydrogens (tertiary/aromatic N) is 4.